The van der Waals surface area contributed by atoms with Crippen LogP contribution in [0.2, 0.25) is 0 Å². The van der Waals surface area contributed by atoms with Crippen LogP contribution in [0.1, 0.15) is 52.6 Å². The first-order valence-electron chi connectivity index (χ1n) is 10.5. The number of rotatable bonds is 4. The zero-order chi connectivity index (χ0) is 24.4. The maximum atomic E-state index is 12.7. The Morgan fingerprint density at radius 3 is 2.33 bits per heavy atom. The molecule has 10 nitrogen and oxygen atoms in total. The van der Waals surface area contributed by atoms with E-state index in [1.54, 1.807) is 39.0 Å². The molecule has 176 valence electrons. The molecule has 1 aliphatic heterocycles. The van der Waals surface area contributed by atoms with E-state index < -0.39 is 34.3 Å². The van der Waals surface area contributed by atoms with Crippen LogP contribution in [0.5, 0.6) is 5.75 Å². The van der Waals surface area contributed by atoms with Gasteiger partial charge in [-0.05, 0) is 65.0 Å². The number of hydrogen-bond donors (Lipinski definition) is 3. The Hall–Kier alpha value is -3.82. The summed E-state index contributed by atoms with van der Waals surface area (Å²) in [5, 5.41) is 19.1. The highest BCUT2D eigenvalue weighted by Crippen LogP contribution is 2.40. The van der Waals surface area contributed by atoms with Crippen molar-refractivity contribution in [1.29, 1.82) is 0 Å². The molecule has 3 amide bonds. The fourth-order valence-corrected chi connectivity index (χ4v) is 3.47. The first-order valence-corrected chi connectivity index (χ1v) is 10.5. The molecule has 2 aromatic carbocycles. The minimum atomic E-state index is -0.633. The predicted octanol–water partition coefficient (Wildman–Crippen LogP) is 5.37. The summed E-state index contributed by atoms with van der Waals surface area (Å²) in [4.78, 5) is 35.1. The van der Waals surface area contributed by atoms with Crippen LogP contribution in [0, 0.1) is 10.1 Å². The summed E-state index contributed by atoms with van der Waals surface area (Å²) in [5.74, 6) is 0.599. The van der Waals surface area contributed by atoms with Gasteiger partial charge in [0.1, 0.15) is 17.0 Å². The maximum absolute atomic E-state index is 12.7. The number of anilines is 2. The molecule has 0 fully saturated rings. The molecule has 0 spiro atoms. The Morgan fingerprint density at radius 1 is 1.09 bits per heavy atom. The second-order valence-corrected chi connectivity index (χ2v) is 9.40. The van der Waals surface area contributed by atoms with Crippen molar-refractivity contribution in [3.05, 3.63) is 58.1 Å². The van der Waals surface area contributed by atoms with Gasteiger partial charge in [-0.1, -0.05) is 0 Å². The maximum Gasteiger partial charge on any atom is 0.412 e. The summed E-state index contributed by atoms with van der Waals surface area (Å²) >= 11 is 0. The van der Waals surface area contributed by atoms with Crippen molar-refractivity contribution in [1.82, 2.24) is 5.32 Å². The Morgan fingerprint density at radius 2 is 1.73 bits per heavy atom. The molecule has 1 atom stereocenters. The van der Waals surface area contributed by atoms with Gasteiger partial charge in [0.15, 0.2) is 0 Å². The van der Waals surface area contributed by atoms with Crippen molar-refractivity contribution in [3.63, 3.8) is 0 Å². The number of amides is 3. The molecule has 1 heterocycles. The topological polar surface area (TPSA) is 132 Å². The highest BCUT2D eigenvalue weighted by Gasteiger charge is 2.35. The SMILES string of the molecule is CC(C)(C)OC(=O)Nc1ccc2c(c1)[C@@H](NC(=O)Nc1ccc([N+](=O)[O-])cc1)CC(C)(C)O2. The number of non-ortho nitro benzene ring substituents is 1. The van der Waals surface area contributed by atoms with Gasteiger partial charge >= 0.3 is 12.1 Å². The van der Waals surface area contributed by atoms with Crippen LogP contribution in [-0.2, 0) is 4.74 Å². The largest absolute Gasteiger partial charge is 0.487 e. The van der Waals surface area contributed by atoms with E-state index in [0.717, 1.165) is 0 Å². The molecule has 3 N–H and O–H groups in total. The monoisotopic (exact) mass is 456 g/mol. The van der Waals surface area contributed by atoms with Gasteiger partial charge in [-0.15, -0.1) is 0 Å². The fraction of sp³-hybridized carbons (Fsp3) is 0.391. The molecular formula is C23H28N4O6. The zero-order valence-electron chi connectivity index (χ0n) is 19.2. The van der Waals surface area contributed by atoms with Gasteiger partial charge in [0.25, 0.3) is 5.69 Å². The van der Waals surface area contributed by atoms with Crippen LogP contribution in [0.4, 0.5) is 26.7 Å². The standard InChI is InChI=1S/C23H28N4O6/c1-22(2,3)33-21(29)25-15-8-11-19-17(12-15)18(13-23(4,5)32-19)26-20(28)24-14-6-9-16(10-7-14)27(30)31/h6-12,18H,13H2,1-5H3,(H,25,29)(H2,24,26,28)/t18-/m0/s1. The van der Waals surface area contributed by atoms with Crippen molar-refractivity contribution >= 4 is 29.2 Å². The number of benzene rings is 2. The quantitative estimate of drug-likeness (QED) is 0.419. The summed E-state index contributed by atoms with van der Waals surface area (Å²) in [5.41, 5.74) is 0.413. The number of nitrogens with zero attached hydrogens (tertiary/aromatic N) is 1. The van der Waals surface area contributed by atoms with E-state index in [0.29, 0.717) is 29.1 Å². The number of carbonyl (C=O) groups excluding carboxylic acids is 2. The molecule has 2 aromatic rings. The van der Waals surface area contributed by atoms with Crippen molar-refractivity contribution in [2.75, 3.05) is 10.6 Å². The third-order valence-corrected chi connectivity index (χ3v) is 4.75. The minimum absolute atomic E-state index is 0.0638. The lowest BCUT2D eigenvalue weighted by molar-refractivity contribution is -0.384. The molecule has 0 radical (unpaired) electrons. The van der Waals surface area contributed by atoms with Crippen molar-refractivity contribution in [3.8, 4) is 5.75 Å². The van der Waals surface area contributed by atoms with Gasteiger partial charge < -0.3 is 20.1 Å². The average Bonchev–Trinajstić information content (AvgIpc) is 2.66. The zero-order valence-corrected chi connectivity index (χ0v) is 19.2. The predicted molar refractivity (Wildman–Crippen MR) is 124 cm³/mol. The molecule has 0 bridgehead atoms. The minimum Gasteiger partial charge on any atom is -0.487 e. The number of nitrogens with one attached hydrogen (secondary N) is 3. The summed E-state index contributed by atoms with van der Waals surface area (Å²) < 4.78 is 11.3. The number of nitro groups is 1. The van der Waals surface area contributed by atoms with Gasteiger partial charge in [0.2, 0.25) is 0 Å². The molecule has 0 saturated carbocycles. The number of carbonyl (C=O) groups is 2. The Kier molecular flexibility index (Phi) is 6.48. The van der Waals surface area contributed by atoms with E-state index in [4.69, 9.17) is 9.47 Å². The fourth-order valence-electron chi connectivity index (χ4n) is 3.47. The van der Waals surface area contributed by atoms with E-state index in [2.05, 4.69) is 16.0 Å². The van der Waals surface area contributed by atoms with Crippen molar-refractivity contribution in [2.45, 2.75) is 58.3 Å². The van der Waals surface area contributed by atoms with Crippen LogP contribution >= 0.6 is 0 Å². The van der Waals surface area contributed by atoms with Gasteiger partial charge in [0.05, 0.1) is 11.0 Å². The molecule has 3 rings (SSSR count). The summed E-state index contributed by atoms with van der Waals surface area (Å²) in [6, 6.07) is 9.87. The van der Waals surface area contributed by atoms with E-state index in [-0.39, 0.29) is 5.69 Å². The molecule has 10 heteroatoms. The molecule has 0 aromatic heterocycles. The lowest BCUT2D eigenvalue weighted by atomic mass is 9.89. The van der Waals surface area contributed by atoms with Gasteiger partial charge in [0, 0.05) is 35.5 Å². The highest BCUT2D eigenvalue weighted by atomic mass is 16.6. The van der Waals surface area contributed by atoms with Crippen LogP contribution in [0.15, 0.2) is 42.5 Å². The second-order valence-electron chi connectivity index (χ2n) is 9.40. The van der Waals surface area contributed by atoms with E-state index in [1.807, 2.05) is 13.8 Å². The Labute approximate surface area is 191 Å². The van der Waals surface area contributed by atoms with Gasteiger partial charge in [-0.2, -0.15) is 0 Å². The van der Waals surface area contributed by atoms with Crippen LogP contribution in [0.3, 0.4) is 0 Å². The van der Waals surface area contributed by atoms with Crippen molar-refractivity contribution < 1.29 is 24.0 Å². The van der Waals surface area contributed by atoms with E-state index in [9.17, 15) is 19.7 Å². The molecular weight excluding hydrogens is 428 g/mol. The third-order valence-electron chi connectivity index (χ3n) is 4.75. The van der Waals surface area contributed by atoms with Crippen LogP contribution in [-0.4, -0.2) is 28.2 Å². The van der Waals surface area contributed by atoms with Gasteiger partial charge in [-0.3, -0.25) is 15.4 Å². The normalized spacial score (nSPS) is 16.6. The van der Waals surface area contributed by atoms with E-state index in [1.165, 1.54) is 24.3 Å². The number of urea groups is 1. The number of ether oxygens (including phenoxy) is 2. The average molecular weight is 456 g/mol. The molecule has 33 heavy (non-hydrogen) atoms. The highest BCUT2D eigenvalue weighted by molar-refractivity contribution is 5.90. The summed E-state index contributed by atoms with van der Waals surface area (Å²) in [7, 11) is 0. The molecule has 0 unspecified atom stereocenters. The van der Waals surface area contributed by atoms with Crippen LogP contribution < -0.4 is 20.7 Å². The number of hydrogen-bond acceptors (Lipinski definition) is 6. The lowest BCUT2D eigenvalue weighted by Crippen LogP contribution is -2.42. The first kappa shape index (κ1) is 23.8. The second kappa shape index (κ2) is 8.97. The summed E-state index contributed by atoms with van der Waals surface area (Å²) in [6.45, 7) is 9.17. The van der Waals surface area contributed by atoms with Crippen LogP contribution in [0.25, 0.3) is 0 Å². The third kappa shape index (κ3) is 6.58. The van der Waals surface area contributed by atoms with E-state index >= 15 is 0 Å². The molecule has 0 aliphatic carbocycles. The number of fused-ring (bicyclic) bond motifs is 1. The smallest absolute Gasteiger partial charge is 0.412 e. The number of nitro benzene ring substituents is 1. The summed E-state index contributed by atoms with van der Waals surface area (Å²) in [6.07, 6.45) is -0.0937. The lowest BCUT2D eigenvalue weighted by Gasteiger charge is -2.38. The molecule has 1 aliphatic rings. The molecule has 0 saturated heterocycles. The van der Waals surface area contributed by atoms with Crippen molar-refractivity contribution in [2.24, 2.45) is 0 Å². The Balaban J connectivity index is 1.76. The van der Waals surface area contributed by atoms with Gasteiger partial charge in [-0.25, -0.2) is 9.59 Å². The Bertz CT molecular complexity index is 1060. The first-order chi connectivity index (χ1) is 15.3.